The van der Waals surface area contributed by atoms with E-state index in [1.54, 1.807) is 6.92 Å². The van der Waals surface area contributed by atoms with Gasteiger partial charge in [-0.05, 0) is 13.8 Å². The van der Waals surface area contributed by atoms with Crippen LogP contribution in [0, 0.1) is 6.92 Å². The molecule has 0 fully saturated rings. The highest BCUT2D eigenvalue weighted by atomic mass is 35.5. The van der Waals surface area contributed by atoms with E-state index in [-0.39, 0.29) is 28.7 Å². The first-order valence-electron chi connectivity index (χ1n) is 5.56. The molecule has 0 radical (unpaired) electrons. The monoisotopic (exact) mass is 307 g/mol. The minimum Gasteiger partial charge on any atom is -0.461 e. The number of carbonyl (C=O) groups is 1. The van der Waals surface area contributed by atoms with E-state index >= 15 is 0 Å². The molecule has 2 aromatic heterocycles. The number of fused-ring (bicyclic) bond motifs is 1. The molecule has 0 saturated carbocycles. The van der Waals surface area contributed by atoms with Crippen LogP contribution in [0.3, 0.4) is 0 Å². The Hall–Kier alpha value is -1.83. The lowest BCUT2D eigenvalue weighted by atomic mass is 10.2. The Morgan fingerprint density at radius 1 is 1.50 bits per heavy atom. The molecule has 2 rings (SSSR count). The summed E-state index contributed by atoms with van der Waals surface area (Å²) in [6, 6.07) is 1.10. The fourth-order valence-corrected chi connectivity index (χ4v) is 1.84. The second-order valence-electron chi connectivity index (χ2n) is 3.89. The highest BCUT2D eigenvalue weighted by molar-refractivity contribution is 6.30. The third-order valence-corrected chi connectivity index (χ3v) is 2.96. The van der Waals surface area contributed by atoms with Gasteiger partial charge in [0.1, 0.15) is 5.15 Å². The SMILES string of the molecule is CCOC(=O)c1cc2nc(C(F)(F)F)c(C)c(Cl)n2n1. The predicted molar refractivity (Wildman–Crippen MR) is 63.7 cm³/mol. The van der Waals surface area contributed by atoms with E-state index in [0.29, 0.717) is 0 Å². The van der Waals surface area contributed by atoms with Crippen LogP contribution in [0.1, 0.15) is 28.7 Å². The summed E-state index contributed by atoms with van der Waals surface area (Å²) in [5, 5.41) is 3.54. The van der Waals surface area contributed by atoms with E-state index in [1.807, 2.05) is 0 Å². The van der Waals surface area contributed by atoms with E-state index in [9.17, 15) is 18.0 Å². The quantitative estimate of drug-likeness (QED) is 0.632. The number of hydrogen-bond donors (Lipinski definition) is 0. The lowest BCUT2D eigenvalue weighted by Crippen LogP contribution is -2.13. The first kappa shape index (κ1) is 14.6. The minimum atomic E-state index is -4.64. The molecule has 0 aromatic carbocycles. The maximum atomic E-state index is 12.8. The fraction of sp³-hybridized carbons (Fsp3) is 0.364. The van der Waals surface area contributed by atoms with Gasteiger partial charge in [0, 0.05) is 11.6 Å². The fourth-order valence-electron chi connectivity index (χ4n) is 1.63. The molecule has 9 heteroatoms. The molecule has 0 saturated heterocycles. The molecule has 108 valence electrons. The van der Waals surface area contributed by atoms with Gasteiger partial charge in [0.15, 0.2) is 17.0 Å². The first-order valence-corrected chi connectivity index (χ1v) is 5.93. The van der Waals surface area contributed by atoms with E-state index in [1.165, 1.54) is 6.92 Å². The van der Waals surface area contributed by atoms with Crippen LogP contribution in [0.15, 0.2) is 6.07 Å². The standard InChI is InChI=1S/C11H9ClF3N3O2/c1-3-20-10(19)6-4-7-16-8(11(13,14)15)5(2)9(12)18(7)17-6/h4H,3H2,1-2H3. The molecular weight excluding hydrogens is 299 g/mol. The summed E-state index contributed by atoms with van der Waals surface area (Å²) in [5.74, 6) is -0.750. The number of esters is 1. The molecule has 0 aliphatic heterocycles. The average Bonchev–Trinajstić information content (AvgIpc) is 2.77. The Morgan fingerprint density at radius 3 is 2.70 bits per heavy atom. The third kappa shape index (κ3) is 2.43. The van der Waals surface area contributed by atoms with Gasteiger partial charge in [-0.25, -0.2) is 14.3 Å². The number of aromatic nitrogens is 3. The van der Waals surface area contributed by atoms with Crippen molar-refractivity contribution in [2.75, 3.05) is 6.61 Å². The summed E-state index contributed by atoms with van der Waals surface area (Å²) in [5.41, 5.74) is -1.69. The Labute approximate surface area is 116 Å². The van der Waals surface area contributed by atoms with Gasteiger partial charge >= 0.3 is 12.1 Å². The highest BCUT2D eigenvalue weighted by Gasteiger charge is 2.36. The number of rotatable bonds is 2. The van der Waals surface area contributed by atoms with Crippen LogP contribution < -0.4 is 0 Å². The summed E-state index contributed by atoms with van der Waals surface area (Å²) in [6.07, 6.45) is -4.64. The van der Waals surface area contributed by atoms with Gasteiger partial charge in [0.2, 0.25) is 0 Å². The van der Waals surface area contributed by atoms with Crippen LogP contribution in [0.4, 0.5) is 13.2 Å². The number of halogens is 4. The Morgan fingerprint density at radius 2 is 2.15 bits per heavy atom. The highest BCUT2D eigenvalue weighted by Crippen LogP contribution is 2.33. The van der Waals surface area contributed by atoms with Gasteiger partial charge in [-0.15, -0.1) is 0 Å². The first-order chi connectivity index (χ1) is 9.25. The molecule has 0 aliphatic carbocycles. The van der Waals surface area contributed by atoms with Crippen LogP contribution in [0.2, 0.25) is 5.15 Å². The Bertz CT molecular complexity index is 682. The summed E-state index contributed by atoms with van der Waals surface area (Å²) in [4.78, 5) is 15.0. The van der Waals surface area contributed by atoms with Crippen molar-refractivity contribution in [1.29, 1.82) is 0 Å². The van der Waals surface area contributed by atoms with Crippen molar-refractivity contribution in [1.82, 2.24) is 14.6 Å². The second kappa shape index (κ2) is 4.93. The van der Waals surface area contributed by atoms with Crippen molar-refractivity contribution < 1.29 is 22.7 Å². The molecular formula is C11H9ClF3N3O2. The largest absolute Gasteiger partial charge is 0.461 e. The van der Waals surface area contributed by atoms with Gasteiger partial charge < -0.3 is 4.74 Å². The van der Waals surface area contributed by atoms with Crippen molar-refractivity contribution in [3.63, 3.8) is 0 Å². The minimum absolute atomic E-state index is 0.126. The molecule has 5 nitrogen and oxygen atoms in total. The average molecular weight is 308 g/mol. The number of carbonyl (C=O) groups excluding carboxylic acids is 1. The van der Waals surface area contributed by atoms with Crippen molar-refractivity contribution in [2.24, 2.45) is 0 Å². The van der Waals surface area contributed by atoms with Crippen molar-refractivity contribution in [3.8, 4) is 0 Å². The number of alkyl halides is 3. The van der Waals surface area contributed by atoms with Gasteiger partial charge in [-0.1, -0.05) is 11.6 Å². The molecule has 2 aromatic rings. The molecule has 0 unspecified atom stereocenters. The van der Waals surface area contributed by atoms with Gasteiger partial charge in [0.05, 0.1) is 6.61 Å². The zero-order valence-corrected chi connectivity index (χ0v) is 11.2. The van der Waals surface area contributed by atoms with E-state index in [2.05, 4.69) is 10.1 Å². The lowest BCUT2D eigenvalue weighted by molar-refractivity contribution is -0.141. The molecule has 0 spiro atoms. The summed E-state index contributed by atoms with van der Waals surface area (Å²) in [6.45, 7) is 2.91. The zero-order chi connectivity index (χ0) is 15.1. The van der Waals surface area contributed by atoms with Crippen LogP contribution >= 0.6 is 11.6 Å². The van der Waals surface area contributed by atoms with Crippen LogP contribution in [0.25, 0.3) is 5.65 Å². The maximum absolute atomic E-state index is 12.8. The number of ether oxygens (including phenoxy) is 1. The van der Waals surface area contributed by atoms with Crippen molar-refractivity contribution in [2.45, 2.75) is 20.0 Å². The summed E-state index contributed by atoms with van der Waals surface area (Å²) < 4.78 is 44.1. The van der Waals surface area contributed by atoms with Crippen LogP contribution in [-0.4, -0.2) is 27.2 Å². The smallest absolute Gasteiger partial charge is 0.433 e. The zero-order valence-electron chi connectivity index (χ0n) is 10.5. The molecule has 0 N–H and O–H groups in total. The van der Waals surface area contributed by atoms with Crippen LogP contribution in [-0.2, 0) is 10.9 Å². The molecule has 0 bridgehead atoms. The van der Waals surface area contributed by atoms with Gasteiger partial charge in [-0.2, -0.15) is 18.3 Å². The van der Waals surface area contributed by atoms with Crippen LogP contribution in [0.5, 0.6) is 0 Å². The number of nitrogens with zero attached hydrogens (tertiary/aromatic N) is 3. The molecule has 20 heavy (non-hydrogen) atoms. The normalized spacial score (nSPS) is 11.9. The maximum Gasteiger partial charge on any atom is 0.433 e. The van der Waals surface area contributed by atoms with E-state index < -0.39 is 17.8 Å². The lowest BCUT2D eigenvalue weighted by Gasteiger charge is -2.10. The number of hydrogen-bond acceptors (Lipinski definition) is 4. The second-order valence-corrected chi connectivity index (χ2v) is 4.25. The molecule has 2 heterocycles. The van der Waals surface area contributed by atoms with Gasteiger partial charge in [0.25, 0.3) is 0 Å². The molecule has 0 amide bonds. The van der Waals surface area contributed by atoms with E-state index in [0.717, 1.165) is 10.6 Å². The third-order valence-electron chi connectivity index (χ3n) is 2.52. The summed E-state index contributed by atoms with van der Waals surface area (Å²) >= 11 is 5.84. The summed E-state index contributed by atoms with van der Waals surface area (Å²) in [7, 11) is 0. The Balaban J connectivity index is 2.64. The molecule has 0 atom stereocenters. The topological polar surface area (TPSA) is 56.5 Å². The van der Waals surface area contributed by atoms with Crippen molar-refractivity contribution in [3.05, 3.63) is 28.2 Å². The molecule has 0 aliphatic rings. The Kier molecular flexibility index (Phi) is 3.59. The van der Waals surface area contributed by atoms with E-state index in [4.69, 9.17) is 16.3 Å². The van der Waals surface area contributed by atoms with Gasteiger partial charge in [-0.3, -0.25) is 0 Å². The van der Waals surface area contributed by atoms with Crippen molar-refractivity contribution >= 4 is 23.2 Å². The predicted octanol–water partition coefficient (Wildman–Crippen LogP) is 2.89.